The van der Waals surface area contributed by atoms with Crippen LogP contribution in [0, 0.1) is 0 Å². The van der Waals surface area contributed by atoms with Crippen LogP contribution in [0.25, 0.3) is 0 Å². The summed E-state index contributed by atoms with van der Waals surface area (Å²) in [4.78, 5) is 11.9. The summed E-state index contributed by atoms with van der Waals surface area (Å²) in [5, 5.41) is 0.429. The van der Waals surface area contributed by atoms with E-state index < -0.39 is 0 Å². The van der Waals surface area contributed by atoms with Gasteiger partial charge in [0.05, 0.1) is 5.02 Å². The fourth-order valence-electron chi connectivity index (χ4n) is 1.56. The maximum atomic E-state index is 11.9. The molecule has 0 amide bonds. The topological polar surface area (TPSA) is 64.3 Å². The first kappa shape index (κ1) is 13.4. The third-order valence-electron chi connectivity index (χ3n) is 2.57. The highest BCUT2D eigenvalue weighted by molar-refractivity contribution is 6.34. The SMILES string of the molecule is NNc1ccc(OCC(=O)c2ccccc2Cl)cc1. The van der Waals surface area contributed by atoms with Gasteiger partial charge in [0.1, 0.15) is 5.75 Å². The van der Waals surface area contributed by atoms with Gasteiger partial charge in [-0.1, -0.05) is 23.7 Å². The Morgan fingerprint density at radius 2 is 1.84 bits per heavy atom. The van der Waals surface area contributed by atoms with E-state index in [-0.39, 0.29) is 12.4 Å². The van der Waals surface area contributed by atoms with Crippen molar-refractivity contribution < 1.29 is 9.53 Å². The van der Waals surface area contributed by atoms with Crippen molar-refractivity contribution in [3.05, 3.63) is 59.1 Å². The third kappa shape index (κ3) is 3.47. The highest BCUT2D eigenvalue weighted by Gasteiger charge is 2.10. The molecule has 0 aliphatic heterocycles. The van der Waals surface area contributed by atoms with E-state index in [2.05, 4.69) is 5.43 Å². The van der Waals surface area contributed by atoms with E-state index >= 15 is 0 Å². The number of nitrogens with one attached hydrogen (secondary N) is 1. The van der Waals surface area contributed by atoms with Gasteiger partial charge in [0, 0.05) is 11.3 Å². The second-order valence-electron chi connectivity index (χ2n) is 3.86. The Kier molecular flexibility index (Phi) is 4.39. The van der Waals surface area contributed by atoms with Gasteiger partial charge in [-0.15, -0.1) is 0 Å². The number of hydrazine groups is 1. The van der Waals surface area contributed by atoms with Gasteiger partial charge in [-0.25, -0.2) is 0 Å². The summed E-state index contributed by atoms with van der Waals surface area (Å²) in [5.41, 5.74) is 3.74. The number of nitrogen functional groups attached to an aromatic ring is 1. The summed E-state index contributed by atoms with van der Waals surface area (Å²) in [7, 11) is 0. The van der Waals surface area contributed by atoms with Gasteiger partial charge in [0.25, 0.3) is 0 Å². The highest BCUT2D eigenvalue weighted by atomic mass is 35.5. The molecule has 2 rings (SSSR count). The zero-order valence-electron chi connectivity index (χ0n) is 10.1. The molecule has 0 fully saturated rings. The molecule has 2 aromatic rings. The molecular formula is C14H13ClN2O2. The van der Waals surface area contributed by atoms with Crippen LogP contribution in [-0.4, -0.2) is 12.4 Å². The first-order chi connectivity index (χ1) is 9.20. The van der Waals surface area contributed by atoms with Crippen molar-refractivity contribution in [2.75, 3.05) is 12.0 Å². The van der Waals surface area contributed by atoms with Gasteiger partial charge in [-0.3, -0.25) is 10.6 Å². The summed E-state index contributed by atoms with van der Waals surface area (Å²) < 4.78 is 5.40. The lowest BCUT2D eigenvalue weighted by atomic mass is 10.1. The number of nitrogens with two attached hydrogens (primary N) is 1. The standard InChI is InChI=1S/C14H13ClN2O2/c15-13-4-2-1-3-12(13)14(18)9-19-11-7-5-10(17-16)6-8-11/h1-8,17H,9,16H2. The highest BCUT2D eigenvalue weighted by Crippen LogP contribution is 2.18. The molecule has 19 heavy (non-hydrogen) atoms. The molecule has 0 radical (unpaired) electrons. The molecule has 0 aromatic heterocycles. The van der Waals surface area contributed by atoms with Gasteiger partial charge in [-0.05, 0) is 36.4 Å². The van der Waals surface area contributed by atoms with Crippen molar-refractivity contribution in [1.29, 1.82) is 0 Å². The van der Waals surface area contributed by atoms with Crippen LogP contribution < -0.4 is 16.0 Å². The minimum absolute atomic E-state index is 0.0564. The summed E-state index contributed by atoms with van der Waals surface area (Å²) in [6.45, 7) is -0.0564. The number of hydrogen-bond acceptors (Lipinski definition) is 4. The quantitative estimate of drug-likeness (QED) is 0.501. The first-order valence-electron chi connectivity index (χ1n) is 5.68. The Morgan fingerprint density at radius 1 is 1.16 bits per heavy atom. The number of ketones is 1. The summed E-state index contributed by atoms with van der Waals surface area (Å²) >= 11 is 5.94. The number of anilines is 1. The van der Waals surface area contributed by atoms with Gasteiger partial charge < -0.3 is 10.2 Å². The van der Waals surface area contributed by atoms with Gasteiger partial charge >= 0.3 is 0 Å². The van der Waals surface area contributed by atoms with Gasteiger partial charge in [0.15, 0.2) is 6.61 Å². The monoisotopic (exact) mass is 276 g/mol. The molecule has 98 valence electrons. The molecule has 0 spiro atoms. The van der Waals surface area contributed by atoms with Crippen LogP contribution >= 0.6 is 11.6 Å². The van der Waals surface area contributed by atoms with Crippen molar-refractivity contribution in [2.24, 2.45) is 5.84 Å². The maximum Gasteiger partial charge on any atom is 0.201 e. The second kappa shape index (κ2) is 6.22. The average molecular weight is 277 g/mol. The predicted octanol–water partition coefficient (Wildman–Crippen LogP) is 2.89. The molecule has 0 saturated carbocycles. The van der Waals surface area contributed by atoms with Crippen LogP contribution in [-0.2, 0) is 0 Å². The molecule has 0 aliphatic rings. The number of ether oxygens (including phenoxy) is 1. The number of rotatable bonds is 5. The van der Waals surface area contributed by atoms with Crippen LogP contribution in [0.3, 0.4) is 0 Å². The normalized spacial score (nSPS) is 10.0. The summed E-state index contributed by atoms with van der Waals surface area (Å²) in [6.07, 6.45) is 0. The zero-order chi connectivity index (χ0) is 13.7. The van der Waals surface area contributed by atoms with E-state index in [0.717, 1.165) is 5.69 Å². The van der Waals surface area contributed by atoms with Crippen LogP contribution in [0.1, 0.15) is 10.4 Å². The maximum absolute atomic E-state index is 11.9. The van der Waals surface area contributed by atoms with Crippen molar-refractivity contribution in [2.45, 2.75) is 0 Å². The smallest absolute Gasteiger partial charge is 0.201 e. The van der Waals surface area contributed by atoms with Crippen LogP contribution in [0.4, 0.5) is 5.69 Å². The van der Waals surface area contributed by atoms with Crippen LogP contribution in [0.15, 0.2) is 48.5 Å². The first-order valence-corrected chi connectivity index (χ1v) is 6.05. The van der Waals surface area contributed by atoms with Crippen LogP contribution in [0.5, 0.6) is 5.75 Å². The number of carbonyl (C=O) groups is 1. The summed E-state index contributed by atoms with van der Waals surface area (Å²) in [5.74, 6) is 5.69. The lowest BCUT2D eigenvalue weighted by Crippen LogP contribution is -2.12. The van der Waals surface area contributed by atoms with E-state index in [1.54, 1.807) is 48.5 Å². The van der Waals surface area contributed by atoms with Gasteiger partial charge in [-0.2, -0.15) is 0 Å². The fraction of sp³-hybridized carbons (Fsp3) is 0.0714. The molecule has 0 atom stereocenters. The van der Waals surface area contributed by atoms with Crippen molar-refractivity contribution in [3.8, 4) is 5.75 Å². The van der Waals surface area contributed by atoms with E-state index in [1.165, 1.54) is 0 Å². The van der Waals surface area contributed by atoms with E-state index in [1.807, 2.05) is 0 Å². The fourth-order valence-corrected chi connectivity index (χ4v) is 1.80. The number of halogens is 1. The lowest BCUT2D eigenvalue weighted by molar-refractivity contribution is 0.0921. The molecular weight excluding hydrogens is 264 g/mol. The lowest BCUT2D eigenvalue weighted by Gasteiger charge is -2.07. The Labute approximate surface area is 116 Å². The predicted molar refractivity (Wildman–Crippen MR) is 75.5 cm³/mol. The Morgan fingerprint density at radius 3 is 2.47 bits per heavy atom. The van der Waals surface area contributed by atoms with Crippen molar-refractivity contribution in [3.63, 3.8) is 0 Å². The van der Waals surface area contributed by atoms with Crippen LogP contribution in [0.2, 0.25) is 5.02 Å². The number of hydrogen-bond donors (Lipinski definition) is 2. The minimum atomic E-state index is -0.161. The van der Waals surface area contributed by atoms with Gasteiger partial charge in [0.2, 0.25) is 5.78 Å². The Balaban J connectivity index is 1.98. The third-order valence-corrected chi connectivity index (χ3v) is 2.89. The minimum Gasteiger partial charge on any atom is -0.485 e. The summed E-state index contributed by atoms with van der Waals surface area (Å²) in [6, 6.07) is 13.9. The van der Waals surface area contributed by atoms with Crippen molar-refractivity contribution in [1.82, 2.24) is 0 Å². The largest absolute Gasteiger partial charge is 0.485 e. The second-order valence-corrected chi connectivity index (χ2v) is 4.27. The molecule has 4 nitrogen and oxygen atoms in total. The Hall–Kier alpha value is -2.04. The number of carbonyl (C=O) groups excluding carboxylic acids is 1. The molecule has 0 saturated heterocycles. The van der Waals surface area contributed by atoms with E-state index in [4.69, 9.17) is 22.2 Å². The van der Waals surface area contributed by atoms with E-state index in [0.29, 0.717) is 16.3 Å². The molecule has 3 N–H and O–H groups in total. The number of benzene rings is 2. The zero-order valence-corrected chi connectivity index (χ0v) is 10.9. The molecule has 0 unspecified atom stereocenters. The Bertz CT molecular complexity index is 570. The van der Waals surface area contributed by atoms with Crippen molar-refractivity contribution >= 4 is 23.1 Å². The molecule has 0 bridgehead atoms. The molecule has 5 heteroatoms. The number of Topliss-reactive ketones (excluding diaryl/α,β-unsaturated/α-hetero) is 1. The molecule has 2 aromatic carbocycles. The molecule has 0 heterocycles. The van der Waals surface area contributed by atoms with E-state index in [9.17, 15) is 4.79 Å². The molecule has 0 aliphatic carbocycles. The average Bonchev–Trinajstić information content (AvgIpc) is 2.46.